The molecule has 35 heavy (non-hydrogen) atoms. The Kier molecular flexibility index (Phi) is 7.07. The van der Waals surface area contributed by atoms with Crippen molar-refractivity contribution in [2.75, 3.05) is 46.0 Å². The normalized spacial score (nSPS) is 17.9. The lowest BCUT2D eigenvalue weighted by Crippen LogP contribution is -2.64. The molecule has 4 rings (SSSR count). The summed E-state index contributed by atoms with van der Waals surface area (Å²) in [5.74, 6) is 0.535. The zero-order valence-corrected chi connectivity index (χ0v) is 20.5. The first-order valence-electron chi connectivity index (χ1n) is 11.7. The predicted octanol–water partition coefficient (Wildman–Crippen LogP) is 2.76. The highest BCUT2D eigenvalue weighted by atomic mass is 19.1. The van der Waals surface area contributed by atoms with E-state index in [4.69, 9.17) is 15.9 Å². The number of hydrogen-bond donors (Lipinski definition) is 2. The molecular weight excluding hydrogens is 447 g/mol. The first-order valence-corrected chi connectivity index (χ1v) is 11.7. The monoisotopic (exact) mass is 480 g/mol. The van der Waals surface area contributed by atoms with Crippen molar-refractivity contribution < 1.29 is 13.9 Å². The minimum absolute atomic E-state index is 0.137. The summed E-state index contributed by atoms with van der Waals surface area (Å²) in [6.07, 6.45) is 8.98. The number of aryl methyl sites for hydroxylation is 1. The highest BCUT2D eigenvalue weighted by Crippen LogP contribution is 2.49. The van der Waals surface area contributed by atoms with Crippen LogP contribution in [-0.2, 0) is 0 Å². The van der Waals surface area contributed by atoms with E-state index in [1.165, 1.54) is 16.8 Å². The van der Waals surface area contributed by atoms with Crippen molar-refractivity contribution in [1.29, 1.82) is 5.41 Å². The van der Waals surface area contributed by atoms with Crippen molar-refractivity contribution in [2.24, 2.45) is 10.4 Å². The number of halogens is 1. The molecule has 1 aromatic heterocycles. The molecule has 0 amide bonds. The Morgan fingerprint density at radius 2 is 2.06 bits per heavy atom. The zero-order chi connectivity index (χ0) is 25.2. The number of aromatic nitrogens is 1. The molecule has 9 heteroatoms. The van der Waals surface area contributed by atoms with Gasteiger partial charge in [0.15, 0.2) is 12.1 Å². The van der Waals surface area contributed by atoms with Gasteiger partial charge in [-0.05, 0) is 43.7 Å². The third-order valence-electron chi connectivity index (χ3n) is 6.77. The summed E-state index contributed by atoms with van der Waals surface area (Å²) >= 11 is 0. The fourth-order valence-corrected chi connectivity index (χ4v) is 4.96. The lowest BCUT2D eigenvalue weighted by molar-refractivity contribution is -0.117. The second-order valence-electron chi connectivity index (χ2n) is 9.81. The number of pyridine rings is 1. The van der Waals surface area contributed by atoms with Gasteiger partial charge in [-0.2, -0.15) is 0 Å². The molecule has 0 bridgehead atoms. The third-order valence-corrected chi connectivity index (χ3v) is 6.77. The molecule has 1 aliphatic heterocycles. The first-order chi connectivity index (χ1) is 16.7. The van der Waals surface area contributed by atoms with Crippen LogP contribution < -0.4 is 15.8 Å². The minimum Gasteiger partial charge on any atom is -0.490 e. The molecule has 8 nitrogen and oxygen atoms in total. The van der Waals surface area contributed by atoms with Gasteiger partial charge < -0.3 is 20.3 Å². The summed E-state index contributed by atoms with van der Waals surface area (Å²) in [4.78, 5) is 20.3. The molecule has 1 aromatic carbocycles. The van der Waals surface area contributed by atoms with Crippen molar-refractivity contribution in [3.8, 4) is 5.75 Å². The van der Waals surface area contributed by atoms with Gasteiger partial charge in [0.05, 0.1) is 24.3 Å². The maximum Gasteiger partial charge on any atom is 0.165 e. The van der Waals surface area contributed by atoms with Crippen LogP contribution in [0, 0.1) is 23.6 Å². The van der Waals surface area contributed by atoms with Crippen LogP contribution in [0.4, 0.5) is 10.2 Å². The molecule has 0 atom stereocenters. The molecule has 1 spiro atoms. The van der Waals surface area contributed by atoms with E-state index in [0.717, 1.165) is 62.0 Å². The van der Waals surface area contributed by atoms with E-state index in [2.05, 4.69) is 9.89 Å². The molecule has 0 unspecified atom stereocenters. The van der Waals surface area contributed by atoms with Gasteiger partial charge in [-0.25, -0.2) is 4.39 Å². The molecular formula is C26H33FN6O2. The van der Waals surface area contributed by atoms with Crippen LogP contribution in [-0.4, -0.2) is 73.4 Å². The van der Waals surface area contributed by atoms with E-state index in [1.807, 2.05) is 50.3 Å². The predicted molar refractivity (Wildman–Crippen MR) is 135 cm³/mol. The van der Waals surface area contributed by atoms with Crippen molar-refractivity contribution in [3.05, 3.63) is 58.5 Å². The minimum atomic E-state index is -0.490. The van der Waals surface area contributed by atoms with E-state index in [1.54, 1.807) is 0 Å². The summed E-state index contributed by atoms with van der Waals surface area (Å²) in [5, 5.41) is 7.44. The van der Waals surface area contributed by atoms with Crippen molar-refractivity contribution in [2.45, 2.75) is 25.9 Å². The molecule has 2 aromatic rings. The molecule has 0 radical (unpaired) electrons. The van der Waals surface area contributed by atoms with Gasteiger partial charge in [0.25, 0.3) is 0 Å². The molecule has 2 fully saturated rings. The first kappa shape index (κ1) is 24.7. The quantitative estimate of drug-likeness (QED) is 0.327. The Morgan fingerprint density at radius 1 is 1.31 bits per heavy atom. The van der Waals surface area contributed by atoms with Crippen LogP contribution in [0.5, 0.6) is 5.75 Å². The molecule has 1 saturated heterocycles. The number of carbonyl (C=O) groups is 1. The van der Waals surface area contributed by atoms with E-state index >= 15 is 0 Å². The Bertz CT molecular complexity index is 1210. The summed E-state index contributed by atoms with van der Waals surface area (Å²) in [6.45, 7) is 5.14. The standard InChI is InChI=1S/C26H33FN6O2/c1-18-4-5-24(20(21(18)14-34)6-8-31(2)3)35-19-11-26(12-19)15-32(16-26)9-7-30-23-10-25(29)33(17-28)13-22(23)27/h4-6,8,10,13-14,17,19,28H,7,9,11-12,15-16,29H2,1-3H3/b8-6-,28-17?,30-23?. The van der Waals surface area contributed by atoms with Crippen LogP contribution >= 0.6 is 0 Å². The second-order valence-corrected chi connectivity index (χ2v) is 9.81. The number of carbonyl (C=O) groups excluding carboxylic acids is 1. The maximum absolute atomic E-state index is 14.1. The number of rotatable bonds is 9. The van der Waals surface area contributed by atoms with Gasteiger partial charge >= 0.3 is 0 Å². The van der Waals surface area contributed by atoms with Gasteiger partial charge in [-0.1, -0.05) is 6.07 Å². The number of nitrogens with zero attached hydrogens (tertiary/aromatic N) is 4. The van der Waals surface area contributed by atoms with Crippen LogP contribution in [0.2, 0.25) is 0 Å². The van der Waals surface area contributed by atoms with E-state index in [-0.39, 0.29) is 22.7 Å². The smallest absolute Gasteiger partial charge is 0.165 e. The Labute approximate surface area is 205 Å². The lowest BCUT2D eigenvalue weighted by atomic mass is 9.61. The Hall–Kier alpha value is -3.46. The number of benzene rings is 1. The fraction of sp³-hybridized carbons (Fsp3) is 0.423. The van der Waals surface area contributed by atoms with Gasteiger partial charge in [0.1, 0.15) is 11.6 Å². The molecule has 2 heterocycles. The fourth-order valence-electron chi connectivity index (χ4n) is 4.96. The summed E-state index contributed by atoms with van der Waals surface area (Å²) < 4.78 is 21.6. The van der Waals surface area contributed by atoms with Gasteiger partial charge in [-0.15, -0.1) is 0 Å². The van der Waals surface area contributed by atoms with E-state index in [9.17, 15) is 9.18 Å². The molecule has 1 saturated carbocycles. The number of ether oxygens (including phenoxy) is 1. The van der Waals surface area contributed by atoms with Gasteiger partial charge in [-0.3, -0.25) is 19.8 Å². The van der Waals surface area contributed by atoms with Crippen molar-refractivity contribution in [3.63, 3.8) is 0 Å². The maximum atomic E-state index is 14.1. The number of nitrogens with two attached hydrogens (primary N) is 1. The molecule has 3 N–H and O–H groups in total. The summed E-state index contributed by atoms with van der Waals surface area (Å²) in [5.41, 5.74) is 8.50. The zero-order valence-electron chi connectivity index (χ0n) is 20.5. The van der Waals surface area contributed by atoms with Gasteiger partial charge in [0, 0.05) is 62.5 Å². The largest absolute Gasteiger partial charge is 0.490 e. The Morgan fingerprint density at radius 3 is 2.71 bits per heavy atom. The number of nitrogens with one attached hydrogen (secondary N) is 1. The lowest BCUT2D eigenvalue weighted by Gasteiger charge is -2.58. The van der Waals surface area contributed by atoms with Crippen LogP contribution in [0.3, 0.4) is 0 Å². The highest BCUT2D eigenvalue weighted by Gasteiger charge is 2.53. The molecule has 2 aliphatic rings. The number of aldehydes is 1. The van der Waals surface area contributed by atoms with E-state index in [0.29, 0.717) is 12.1 Å². The average Bonchev–Trinajstić information content (AvgIpc) is 2.77. The number of nitrogen functional groups attached to an aromatic ring is 1. The molecule has 186 valence electrons. The Balaban J connectivity index is 1.30. The van der Waals surface area contributed by atoms with Crippen molar-refractivity contribution >= 4 is 24.5 Å². The summed E-state index contributed by atoms with van der Waals surface area (Å²) in [7, 11) is 3.88. The van der Waals surface area contributed by atoms with Crippen LogP contribution in [0.25, 0.3) is 6.08 Å². The number of anilines is 1. The topological polar surface area (TPSA) is 99.9 Å². The third kappa shape index (κ3) is 5.30. The number of likely N-dealkylation sites (tertiary alicyclic amines) is 1. The molecule has 1 aliphatic carbocycles. The van der Waals surface area contributed by atoms with Crippen LogP contribution in [0.1, 0.15) is 34.3 Å². The second kappa shape index (κ2) is 10.0. The summed E-state index contributed by atoms with van der Waals surface area (Å²) in [6, 6.07) is 5.34. The van der Waals surface area contributed by atoms with Gasteiger partial charge in [0.2, 0.25) is 0 Å². The SMILES string of the molecule is Cc1ccc(OC2CC3(C2)CN(CCN=c2cc(N)n(C=N)cc2F)C3)c(/C=C\N(C)C)c1C=O. The van der Waals surface area contributed by atoms with E-state index < -0.39 is 5.82 Å². The van der Waals surface area contributed by atoms with Crippen LogP contribution in [0.15, 0.2) is 35.6 Å². The highest BCUT2D eigenvalue weighted by molar-refractivity contribution is 5.86. The number of hydrogen-bond acceptors (Lipinski definition) is 7. The average molecular weight is 481 g/mol. The van der Waals surface area contributed by atoms with Crippen molar-refractivity contribution in [1.82, 2.24) is 14.4 Å².